The molecule has 3 aromatic carbocycles. The summed E-state index contributed by atoms with van der Waals surface area (Å²) in [7, 11) is 0. The van der Waals surface area contributed by atoms with E-state index in [1.54, 1.807) is 0 Å². The standard InChI is InChI=1S/C37H47O5/c1-27-33(38-24-28-14-8-5-9-15-28)34(39-25-29-16-10-6-11-17-29)35(40-26-30-18-12-7-13-19-30)36(41-27)42-32-22-20-31(21-23-32)37(2,3)4/h5-19,22,27,31-36H,20-21,23-26H2,1-4H3/t27-,31+,32+,33+,34+,35-,36-/m0/s1. The zero-order chi connectivity index (χ0) is 29.4. The van der Waals surface area contributed by atoms with Gasteiger partial charge in [0.25, 0.3) is 0 Å². The van der Waals surface area contributed by atoms with Crippen LogP contribution in [0.1, 0.15) is 63.6 Å². The lowest BCUT2D eigenvalue weighted by Gasteiger charge is -2.46. The summed E-state index contributed by atoms with van der Waals surface area (Å²) in [4.78, 5) is 0. The Labute approximate surface area is 252 Å². The molecule has 7 atom stereocenters. The summed E-state index contributed by atoms with van der Waals surface area (Å²) in [6.45, 7) is 10.4. The summed E-state index contributed by atoms with van der Waals surface area (Å²) in [5, 5.41) is 0. The number of hydrogen-bond donors (Lipinski definition) is 0. The second-order valence-corrected chi connectivity index (χ2v) is 12.8. The summed E-state index contributed by atoms with van der Waals surface area (Å²) in [5.74, 6) is 0.659. The summed E-state index contributed by atoms with van der Waals surface area (Å²) >= 11 is 0. The molecule has 0 spiro atoms. The maximum Gasteiger partial charge on any atom is 0.187 e. The van der Waals surface area contributed by atoms with Gasteiger partial charge < -0.3 is 23.7 Å². The van der Waals surface area contributed by atoms with Gasteiger partial charge in [-0.05, 0) is 60.6 Å². The van der Waals surface area contributed by atoms with Crippen LogP contribution in [0, 0.1) is 17.8 Å². The minimum absolute atomic E-state index is 0.0141. The van der Waals surface area contributed by atoms with E-state index in [9.17, 15) is 0 Å². The van der Waals surface area contributed by atoms with Gasteiger partial charge >= 0.3 is 0 Å². The van der Waals surface area contributed by atoms with Crippen molar-refractivity contribution in [3.05, 3.63) is 114 Å². The first kappa shape index (κ1) is 30.9. The molecule has 5 nitrogen and oxygen atoms in total. The molecule has 0 N–H and O–H groups in total. The van der Waals surface area contributed by atoms with Crippen LogP contribution in [-0.4, -0.2) is 36.8 Å². The van der Waals surface area contributed by atoms with E-state index in [2.05, 4.69) is 70.5 Å². The van der Waals surface area contributed by atoms with E-state index in [-0.39, 0.29) is 18.3 Å². The van der Waals surface area contributed by atoms with Gasteiger partial charge in [0.2, 0.25) is 0 Å². The molecule has 5 heteroatoms. The van der Waals surface area contributed by atoms with Crippen LogP contribution in [0.4, 0.5) is 0 Å². The third-order valence-electron chi connectivity index (χ3n) is 8.60. The molecule has 1 aliphatic carbocycles. The van der Waals surface area contributed by atoms with E-state index in [4.69, 9.17) is 23.7 Å². The van der Waals surface area contributed by atoms with Crippen LogP contribution in [0.15, 0.2) is 91.0 Å². The van der Waals surface area contributed by atoms with E-state index in [0.717, 1.165) is 36.0 Å². The number of ether oxygens (including phenoxy) is 5. The average molecular weight is 572 g/mol. The molecular formula is C37H47O5. The van der Waals surface area contributed by atoms with Gasteiger partial charge in [-0.1, -0.05) is 112 Å². The molecule has 1 heterocycles. The molecule has 1 saturated carbocycles. The fourth-order valence-electron chi connectivity index (χ4n) is 5.98. The lowest BCUT2D eigenvalue weighted by Crippen LogP contribution is -2.60. The largest absolute Gasteiger partial charge is 0.368 e. The first-order valence-electron chi connectivity index (χ1n) is 15.5. The Morgan fingerprint density at radius 2 is 1.12 bits per heavy atom. The SMILES string of the molecule is C[C@@H]1O[C@@H](O[C@@H]2[CH]C[C@@H](C(C)(C)C)CC2)[C@@H](OCc2ccccc2)[C@H](OCc2ccccc2)[C@@H]1OCc1ccccc1. The van der Waals surface area contributed by atoms with Crippen molar-refractivity contribution in [2.75, 3.05) is 0 Å². The Morgan fingerprint density at radius 3 is 1.57 bits per heavy atom. The van der Waals surface area contributed by atoms with Crippen LogP contribution in [-0.2, 0) is 43.5 Å². The number of rotatable bonds is 11. The third-order valence-corrected chi connectivity index (χ3v) is 8.60. The van der Waals surface area contributed by atoms with Gasteiger partial charge in [0.1, 0.15) is 18.3 Å². The highest BCUT2D eigenvalue weighted by molar-refractivity contribution is 5.15. The van der Waals surface area contributed by atoms with Crippen molar-refractivity contribution >= 4 is 0 Å². The molecule has 1 aliphatic heterocycles. The summed E-state index contributed by atoms with van der Waals surface area (Å²) < 4.78 is 33.2. The molecule has 0 unspecified atom stereocenters. The minimum atomic E-state index is -0.575. The van der Waals surface area contributed by atoms with E-state index in [1.807, 2.05) is 54.6 Å². The lowest BCUT2D eigenvalue weighted by molar-refractivity contribution is -0.327. The molecule has 2 fully saturated rings. The van der Waals surface area contributed by atoms with Crippen LogP contribution in [0.2, 0.25) is 0 Å². The molecule has 42 heavy (non-hydrogen) atoms. The van der Waals surface area contributed by atoms with Crippen LogP contribution < -0.4 is 0 Å². The quantitative estimate of drug-likeness (QED) is 0.234. The highest BCUT2D eigenvalue weighted by atomic mass is 16.7. The molecule has 1 radical (unpaired) electrons. The first-order valence-corrected chi connectivity index (χ1v) is 15.5. The Bertz CT molecular complexity index is 1170. The molecular weight excluding hydrogens is 524 g/mol. The van der Waals surface area contributed by atoms with Crippen molar-refractivity contribution in [1.29, 1.82) is 0 Å². The van der Waals surface area contributed by atoms with Gasteiger partial charge in [-0.3, -0.25) is 0 Å². The van der Waals surface area contributed by atoms with Crippen LogP contribution >= 0.6 is 0 Å². The zero-order valence-corrected chi connectivity index (χ0v) is 25.6. The second-order valence-electron chi connectivity index (χ2n) is 12.8. The van der Waals surface area contributed by atoms with Gasteiger partial charge in [0.05, 0.1) is 32.0 Å². The van der Waals surface area contributed by atoms with E-state index >= 15 is 0 Å². The highest BCUT2D eigenvalue weighted by Gasteiger charge is 2.48. The molecule has 1 saturated heterocycles. The van der Waals surface area contributed by atoms with Gasteiger partial charge in [-0.2, -0.15) is 0 Å². The van der Waals surface area contributed by atoms with E-state index in [0.29, 0.717) is 31.2 Å². The fraction of sp³-hybridized carbons (Fsp3) is 0.486. The summed E-state index contributed by atoms with van der Waals surface area (Å²) in [5.41, 5.74) is 3.59. The smallest absolute Gasteiger partial charge is 0.187 e. The predicted molar refractivity (Wildman–Crippen MR) is 165 cm³/mol. The molecule has 2 aliphatic rings. The highest BCUT2D eigenvalue weighted by Crippen LogP contribution is 2.39. The van der Waals surface area contributed by atoms with Crippen LogP contribution in [0.25, 0.3) is 0 Å². The molecule has 225 valence electrons. The predicted octanol–water partition coefficient (Wildman–Crippen LogP) is 7.92. The fourth-order valence-corrected chi connectivity index (χ4v) is 5.98. The number of hydrogen-bond acceptors (Lipinski definition) is 5. The van der Waals surface area contributed by atoms with Crippen molar-refractivity contribution in [3.8, 4) is 0 Å². The summed E-state index contributed by atoms with van der Waals surface area (Å²) in [6.07, 6.45) is 3.48. The third kappa shape index (κ3) is 8.52. The topological polar surface area (TPSA) is 46.2 Å². The Kier molecular flexibility index (Phi) is 10.9. The Balaban J connectivity index is 1.36. The maximum absolute atomic E-state index is 6.72. The summed E-state index contributed by atoms with van der Waals surface area (Å²) in [6, 6.07) is 30.7. The molecule has 3 aromatic rings. The molecule has 0 bridgehead atoms. The van der Waals surface area contributed by atoms with Gasteiger partial charge in [-0.25, -0.2) is 0 Å². The van der Waals surface area contributed by atoms with Gasteiger partial charge in [0, 0.05) is 0 Å². The Hall–Kier alpha value is -2.54. The van der Waals surface area contributed by atoms with Crippen molar-refractivity contribution in [3.63, 3.8) is 0 Å². The number of benzene rings is 3. The minimum Gasteiger partial charge on any atom is -0.368 e. The van der Waals surface area contributed by atoms with Gasteiger partial charge in [-0.15, -0.1) is 0 Å². The second kappa shape index (κ2) is 14.8. The van der Waals surface area contributed by atoms with Gasteiger partial charge in [0.15, 0.2) is 6.29 Å². The lowest BCUT2D eigenvalue weighted by atomic mass is 9.72. The zero-order valence-electron chi connectivity index (χ0n) is 25.6. The first-order chi connectivity index (χ1) is 20.4. The van der Waals surface area contributed by atoms with Crippen molar-refractivity contribution in [1.82, 2.24) is 0 Å². The van der Waals surface area contributed by atoms with Crippen molar-refractivity contribution < 1.29 is 23.7 Å². The van der Waals surface area contributed by atoms with E-state index < -0.39 is 18.5 Å². The van der Waals surface area contributed by atoms with Crippen molar-refractivity contribution in [2.45, 2.75) is 104 Å². The monoisotopic (exact) mass is 571 g/mol. The molecule has 0 aromatic heterocycles. The maximum atomic E-state index is 6.72. The normalized spacial score (nSPS) is 28.4. The van der Waals surface area contributed by atoms with Crippen molar-refractivity contribution in [2.24, 2.45) is 11.3 Å². The van der Waals surface area contributed by atoms with E-state index in [1.165, 1.54) is 0 Å². The van der Waals surface area contributed by atoms with Crippen LogP contribution in [0.3, 0.4) is 0 Å². The average Bonchev–Trinajstić information content (AvgIpc) is 3.00. The molecule has 0 amide bonds. The van der Waals surface area contributed by atoms with Crippen LogP contribution in [0.5, 0.6) is 0 Å². The molecule has 5 rings (SSSR count). The Morgan fingerprint density at radius 1 is 0.643 bits per heavy atom.